The second kappa shape index (κ2) is 7.87. The minimum Gasteiger partial charge on any atom is -0.307 e. The molecule has 1 aliphatic rings. The zero-order valence-electron chi connectivity index (χ0n) is 24.5. The highest BCUT2D eigenvalue weighted by Gasteiger charge is 2.27. The monoisotopic (exact) mass is 582 g/mol. The Bertz CT molecular complexity index is 3140. The molecule has 0 aliphatic heterocycles. The third kappa shape index (κ3) is 2.57. The highest BCUT2D eigenvalue weighted by Crippen LogP contribution is 2.49. The van der Waals surface area contributed by atoms with Crippen molar-refractivity contribution >= 4 is 81.4 Å². The average molecular weight is 583 g/mol. The maximum atomic E-state index is 5.41. The van der Waals surface area contributed by atoms with Crippen molar-refractivity contribution in [2.24, 2.45) is 0 Å². The first-order valence-electron chi connectivity index (χ1n) is 15.8. The normalized spacial score (nSPS) is 12.8. The number of rotatable bonds is 1. The van der Waals surface area contributed by atoms with Crippen LogP contribution in [0.2, 0.25) is 0 Å². The SMILES string of the molecule is c1cc2c3c(cccc3c1)-c1nc(-n3c4ccccc4c4c5c6ccc7ccccc7c6n6c7ccccc7c(cc43)c56)cnc1-2. The molecule has 0 saturated carbocycles. The van der Waals surface area contributed by atoms with Gasteiger partial charge in [-0.3, -0.25) is 9.55 Å². The van der Waals surface area contributed by atoms with Crippen molar-refractivity contribution in [3.63, 3.8) is 0 Å². The van der Waals surface area contributed by atoms with E-state index >= 15 is 0 Å². The Balaban J connectivity index is 1.29. The van der Waals surface area contributed by atoms with Gasteiger partial charge in [0.05, 0.1) is 45.2 Å². The predicted molar refractivity (Wildman–Crippen MR) is 190 cm³/mol. The maximum absolute atomic E-state index is 5.41. The van der Waals surface area contributed by atoms with Crippen LogP contribution in [0.3, 0.4) is 0 Å². The number of hydrogen-bond donors (Lipinski definition) is 0. The number of benzene rings is 7. The summed E-state index contributed by atoms with van der Waals surface area (Å²) in [7, 11) is 0. The van der Waals surface area contributed by atoms with Gasteiger partial charge in [-0.15, -0.1) is 0 Å². The van der Waals surface area contributed by atoms with Crippen LogP contribution in [-0.2, 0) is 0 Å². The molecule has 4 heterocycles. The molecular weight excluding hydrogens is 560 g/mol. The van der Waals surface area contributed by atoms with E-state index in [2.05, 4.69) is 136 Å². The van der Waals surface area contributed by atoms with Crippen LogP contribution in [-0.4, -0.2) is 18.9 Å². The van der Waals surface area contributed by atoms with Gasteiger partial charge in [-0.1, -0.05) is 109 Å². The lowest BCUT2D eigenvalue weighted by molar-refractivity contribution is 1.05. The molecular formula is C42H22N4. The van der Waals surface area contributed by atoms with Crippen LogP contribution >= 0.6 is 0 Å². The van der Waals surface area contributed by atoms with E-state index in [9.17, 15) is 0 Å². The number of nitrogens with zero attached hydrogens (tertiary/aromatic N) is 4. The Morgan fingerprint density at radius 3 is 2.02 bits per heavy atom. The van der Waals surface area contributed by atoms with Crippen molar-refractivity contribution in [2.75, 3.05) is 0 Å². The minimum atomic E-state index is 0.835. The molecule has 1 aliphatic carbocycles. The molecule has 4 nitrogen and oxygen atoms in total. The van der Waals surface area contributed by atoms with Gasteiger partial charge in [0.1, 0.15) is 0 Å². The van der Waals surface area contributed by atoms with Crippen molar-refractivity contribution in [1.29, 1.82) is 0 Å². The van der Waals surface area contributed by atoms with Crippen molar-refractivity contribution in [1.82, 2.24) is 18.9 Å². The molecule has 0 radical (unpaired) electrons. The zero-order chi connectivity index (χ0) is 29.7. The molecule has 0 atom stereocenters. The van der Waals surface area contributed by atoms with Crippen LogP contribution < -0.4 is 0 Å². The van der Waals surface area contributed by atoms with Crippen LogP contribution in [0.15, 0.2) is 134 Å². The summed E-state index contributed by atoms with van der Waals surface area (Å²) in [5, 5.41) is 12.6. The molecule has 210 valence electrons. The fourth-order valence-electron chi connectivity index (χ4n) is 8.62. The highest BCUT2D eigenvalue weighted by molar-refractivity contribution is 6.37. The van der Waals surface area contributed by atoms with E-state index in [1.807, 2.05) is 6.20 Å². The van der Waals surface area contributed by atoms with E-state index in [4.69, 9.17) is 9.97 Å². The Hall–Kier alpha value is -6.26. The third-order valence-corrected chi connectivity index (χ3v) is 10.4. The minimum absolute atomic E-state index is 0.835. The van der Waals surface area contributed by atoms with Gasteiger partial charge >= 0.3 is 0 Å². The Labute approximate surface area is 261 Å². The first kappa shape index (κ1) is 23.2. The topological polar surface area (TPSA) is 35.1 Å². The van der Waals surface area contributed by atoms with E-state index in [0.717, 1.165) is 39.4 Å². The summed E-state index contributed by atoms with van der Waals surface area (Å²) in [5.41, 5.74) is 10.3. The van der Waals surface area contributed by atoms with Crippen LogP contribution in [0.25, 0.3) is 110 Å². The molecule has 11 aromatic rings. The number of aromatic nitrogens is 4. The fourth-order valence-corrected chi connectivity index (χ4v) is 8.62. The van der Waals surface area contributed by atoms with Gasteiger partial charge < -0.3 is 4.40 Å². The van der Waals surface area contributed by atoms with Gasteiger partial charge in [-0.2, -0.15) is 0 Å². The van der Waals surface area contributed by atoms with Crippen molar-refractivity contribution < 1.29 is 0 Å². The summed E-state index contributed by atoms with van der Waals surface area (Å²) in [5.74, 6) is 0.835. The summed E-state index contributed by atoms with van der Waals surface area (Å²) in [6.07, 6.45) is 1.96. The quantitative estimate of drug-likeness (QED) is 0.193. The van der Waals surface area contributed by atoms with E-state index in [0.29, 0.717) is 0 Å². The van der Waals surface area contributed by atoms with Gasteiger partial charge in [0.15, 0.2) is 5.82 Å². The van der Waals surface area contributed by atoms with Crippen molar-refractivity contribution in [3.8, 4) is 28.3 Å². The smallest absolute Gasteiger partial charge is 0.156 e. The molecule has 0 N–H and O–H groups in total. The van der Waals surface area contributed by atoms with Crippen LogP contribution in [0, 0.1) is 0 Å². The Kier molecular flexibility index (Phi) is 3.96. The first-order valence-corrected chi connectivity index (χ1v) is 15.8. The molecule has 0 saturated heterocycles. The second-order valence-corrected chi connectivity index (χ2v) is 12.6. The molecule has 0 amide bonds. The van der Waals surface area contributed by atoms with Crippen molar-refractivity contribution in [2.45, 2.75) is 0 Å². The highest BCUT2D eigenvalue weighted by atomic mass is 15.1. The fraction of sp³-hybridized carbons (Fsp3) is 0. The van der Waals surface area contributed by atoms with Crippen LogP contribution in [0.1, 0.15) is 0 Å². The first-order chi connectivity index (χ1) is 22.8. The molecule has 4 heteroatoms. The van der Waals surface area contributed by atoms with E-state index in [1.54, 1.807) is 0 Å². The maximum Gasteiger partial charge on any atom is 0.156 e. The van der Waals surface area contributed by atoms with Gasteiger partial charge in [0, 0.05) is 54.2 Å². The third-order valence-electron chi connectivity index (χ3n) is 10.4. The predicted octanol–water partition coefficient (Wildman–Crippen LogP) is 10.7. The van der Waals surface area contributed by atoms with Gasteiger partial charge in [-0.25, -0.2) is 4.98 Å². The summed E-state index contributed by atoms with van der Waals surface area (Å²) in [4.78, 5) is 10.5. The molecule has 4 aromatic heterocycles. The lowest BCUT2D eigenvalue weighted by atomic mass is 10.00. The van der Waals surface area contributed by atoms with E-state index < -0.39 is 0 Å². The summed E-state index contributed by atoms with van der Waals surface area (Å²) in [6, 6.07) is 46.3. The standard InChI is InChI=1S/C42H22N4/c1-2-12-25-23(9-1)19-20-30-38-37-27-14-4-6-18-33(27)45(34(37)21-31-26-13-3-5-17-32(26)46(41(25)30)42(31)38)35-22-43-39-28-15-7-10-24-11-8-16-29(36(24)28)40(39)44-35/h1-22H. The molecule has 0 unspecified atom stereocenters. The lowest BCUT2D eigenvalue weighted by Crippen LogP contribution is -2.00. The molecule has 46 heavy (non-hydrogen) atoms. The zero-order valence-corrected chi connectivity index (χ0v) is 24.5. The molecule has 0 fully saturated rings. The molecule has 0 bridgehead atoms. The molecule has 7 aromatic carbocycles. The second-order valence-electron chi connectivity index (χ2n) is 12.6. The molecule has 12 rings (SSSR count). The number of fused-ring (bicyclic) bond motifs is 15. The number of hydrogen-bond acceptors (Lipinski definition) is 2. The molecule has 0 spiro atoms. The van der Waals surface area contributed by atoms with Gasteiger partial charge in [0.2, 0.25) is 0 Å². The van der Waals surface area contributed by atoms with E-state index in [1.165, 1.54) is 70.4 Å². The van der Waals surface area contributed by atoms with Crippen molar-refractivity contribution in [3.05, 3.63) is 134 Å². The summed E-state index contributed by atoms with van der Waals surface area (Å²) in [6.45, 7) is 0. The van der Waals surface area contributed by atoms with E-state index in [-0.39, 0.29) is 0 Å². The Morgan fingerprint density at radius 2 is 1.15 bits per heavy atom. The largest absolute Gasteiger partial charge is 0.307 e. The Morgan fingerprint density at radius 1 is 0.435 bits per heavy atom. The van der Waals surface area contributed by atoms with Gasteiger partial charge in [0.25, 0.3) is 0 Å². The average Bonchev–Trinajstić information content (AvgIpc) is 3.83. The van der Waals surface area contributed by atoms with Crippen LogP contribution in [0.4, 0.5) is 0 Å². The van der Waals surface area contributed by atoms with Crippen LogP contribution in [0.5, 0.6) is 0 Å². The summed E-state index contributed by atoms with van der Waals surface area (Å²) >= 11 is 0. The lowest BCUT2D eigenvalue weighted by Gasteiger charge is -2.09. The number of para-hydroxylation sites is 2. The summed E-state index contributed by atoms with van der Waals surface area (Å²) < 4.78 is 4.85. The van der Waals surface area contributed by atoms with Gasteiger partial charge in [-0.05, 0) is 29.0 Å².